The number of nitrogens with zero attached hydrogens (tertiary/aromatic N) is 1. The summed E-state index contributed by atoms with van der Waals surface area (Å²) in [5.41, 5.74) is 4.07. The molecule has 25 heavy (non-hydrogen) atoms. The minimum Gasteiger partial charge on any atom is -0.371 e. The van der Waals surface area contributed by atoms with E-state index >= 15 is 0 Å². The Morgan fingerprint density at radius 3 is 2.48 bits per heavy atom. The van der Waals surface area contributed by atoms with Gasteiger partial charge in [-0.15, -0.1) is 0 Å². The van der Waals surface area contributed by atoms with Gasteiger partial charge in [0.05, 0.1) is 0 Å². The summed E-state index contributed by atoms with van der Waals surface area (Å²) in [6.07, 6.45) is 1.42. The summed E-state index contributed by atoms with van der Waals surface area (Å²) in [7, 11) is 0. The lowest BCUT2D eigenvalue weighted by molar-refractivity contribution is -0.116. The number of hydrogen-bond acceptors (Lipinski definition) is 2. The van der Waals surface area contributed by atoms with Crippen LogP contribution in [-0.4, -0.2) is 18.9 Å². The Bertz CT molecular complexity index is 677. The highest BCUT2D eigenvalue weighted by atomic mass is 19.1. The first-order valence-corrected chi connectivity index (χ1v) is 9.40. The Hall–Kier alpha value is -1.64. The first-order chi connectivity index (χ1) is 11.7. The average molecular weight is 343 g/mol. The van der Waals surface area contributed by atoms with Crippen LogP contribution in [0, 0.1) is 17.3 Å². The van der Waals surface area contributed by atoms with Gasteiger partial charge in [0.2, 0.25) is 0 Å². The number of piperidine rings is 2. The SMILES string of the molecule is C=C(CCC(C)=O)c1ccc(N2CC3CC(C2)C3(C)C)c(C(C)F)c1. The van der Waals surface area contributed by atoms with E-state index in [1.807, 2.05) is 12.1 Å². The van der Waals surface area contributed by atoms with Gasteiger partial charge < -0.3 is 9.69 Å². The van der Waals surface area contributed by atoms with E-state index in [0.717, 1.165) is 35.5 Å². The van der Waals surface area contributed by atoms with Crippen molar-refractivity contribution in [3.8, 4) is 0 Å². The number of rotatable bonds is 6. The molecule has 4 rings (SSSR count). The van der Waals surface area contributed by atoms with E-state index in [-0.39, 0.29) is 5.78 Å². The van der Waals surface area contributed by atoms with Gasteiger partial charge in [0.1, 0.15) is 12.0 Å². The largest absolute Gasteiger partial charge is 0.371 e. The number of alkyl halides is 1. The molecule has 3 heteroatoms. The summed E-state index contributed by atoms with van der Waals surface area (Å²) < 4.78 is 14.4. The van der Waals surface area contributed by atoms with Crippen LogP contribution in [0.4, 0.5) is 10.1 Å². The lowest BCUT2D eigenvalue weighted by Gasteiger charge is -2.60. The second kappa shape index (κ2) is 6.59. The fourth-order valence-electron chi connectivity index (χ4n) is 4.40. The smallest absolute Gasteiger partial charge is 0.130 e. The zero-order valence-corrected chi connectivity index (χ0v) is 15.9. The van der Waals surface area contributed by atoms with E-state index in [0.29, 0.717) is 30.1 Å². The number of carbonyl (C=O) groups is 1. The van der Waals surface area contributed by atoms with Crippen molar-refractivity contribution in [2.75, 3.05) is 18.0 Å². The van der Waals surface area contributed by atoms with E-state index < -0.39 is 6.17 Å². The van der Waals surface area contributed by atoms with E-state index in [1.54, 1.807) is 13.8 Å². The second-order valence-corrected chi connectivity index (χ2v) is 8.55. The van der Waals surface area contributed by atoms with Crippen molar-refractivity contribution in [3.05, 3.63) is 35.9 Å². The fourth-order valence-corrected chi connectivity index (χ4v) is 4.40. The van der Waals surface area contributed by atoms with E-state index in [1.165, 1.54) is 6.42 Å². The van der Waals surface area contributed by atoms with Gasteiger partial charge in [-0.05, 0) is 67.2 Å². The Kier molecular flexibility index (Phi) is 4.78. The molecule has 136 valence electrons. The van der Waals surface area contributed by atoms with Crippen LogP contribution in [0.3, 0.4) is 0 Å². The van der Waals surface area contributed by atoms with Gasteiger partial charge in [0, 0.05) is 30.8 Å². The number of Topliss-reactive ketones (excluding diaryl/α,β-unsaturated/α-hetero) is 1. The third-order valence-electron chi connectivity index (χ3n) is 6.54. The average Bonchev–Trinajstić information content (AvgIpc) is 2.58. The van der Waals surface area contributed by atoms with Crippen LogP contribution in [0.1, 0.15) is 64.3 Å². The molecule has 2 nitrogen and oxygen atoms in total. The molecule has 1 aromatic carbocycles. The van der Waals surface area contributed by atoms with Crippen LogP contribution >= 0.6 is 0 Å². The van der Waals surface area contributed by atoms with Crippen LogP contribution in [0.2, 0.25) is 0 Å². The van der Waals surface area contributed by atoms with Crippen molar-refractivity contribution in [2.24, 2.45) is 17.3 Å². The fraction of sp³-hybridized carbons (Fsp3) is 0.591. The highest BCUT2D eigenvalue weighted by Crippen LogP contribution is 2.55. The molecule has 1 aliphatic carbocycles. The van der Waals surface area contributed by atoms with E-state index in [2.05, 4.69) is 31.4 Å². The zero-order chi connectivity index (χ0) is 18.4. The maximum atomic E-state index is 14.4. The van der Waals surface area contributed by atoms with Gasteiger partial charge >= 0.3 is 0 Å². The van der Waals surface area contributed by atoms with Gasteiger partial charge in [-0.2, -0.15) is 0 Å². The molecule has 0 aromatic heterocycles. The second-order valence-electron chi connectivity index (χ2n) is 8.55. The Morgan fingerprint density at radius 2 is 1.96 bits per heavy atom. The number of benzene rings is 1. The molecule has 1 aromatic rings. The van der Waals surface area contributed by atoms with Crippen LogP contribution in [0.5, 0.6) is 0 Å². The standard InChI is InChI=1S/C22H30FNO/c1-14(6-7-15(2)25)17-8-9-21(20(10-17)16(3)23)24-12-18-11-19(13-24)22(18,4)5/h8-10,16,18-19H,1,6-7,11-13H2,2-5H3. The number of halogens is 1. The molecule has 3 fully saturated rings. The van der Waals surface area contributed by atoms with Crippen molar-refractivity contribution in [1.82, 2.24) is 0 Å². The maximum absolute atomic E-state index is 14.4. The molecule has 3 aliphatic rings. The number of carbonyl (C=O) groups excluding carboxylic acids is 1. The highest BCUT2D eigenvalue weighted by Gasteiger charge is 2.52. The molecule has 2 bridgehead atoms. The molecule has 3 atom stereocenters. The van der Waals surface area contributed by atoms with Gasteiger partial charge in [-0.3, -0.25) is 0 Å². The lowest BCUT2D eigenvalue weighted by atomic mass is 9.52. The summed E-state index contributed by atoms with van der Waals surface area (Å²) in [6.45, 7) is 14.1. The molecule has 3 unspecified atom stereocenters. The number of allylic oxidation sites excluding steroid dienone is 1. The first kappa shape index (κ1) is 18.2. The van der Waals surface area contributed by atoms with Crippen molar-refractivity contribution >= 4 is 17.0 Å². The number of hydrogen-bond donors (Lipinski definition) is 0. The van der Waals surface area contributed by atoms with Crippen LogP contribution < -0.4 is 4.90 Å². The zero-order valence-electron chi connectivity index (χ0n) is 15.9. The van der Waals surface area contributed by atoms with Crippen LogP contribution in [0.25, 0.3) is 5.57 Å². The summed E-state index contributed by atoms with van der Waals surface area (Å²) in [6, 6.07) is 6.03. The molecule has 2 heterocycles. The number of anilines is 1. The molecule has 2 saturated heterocycles. The summed E-state index contributed by atoms with van der Waals surface area (Å²) in [5, 5.41) is 0. The van der Waals surface area contributed by atoms with Gasteiger partial charge in [-0.1, -0.05) is 26.5 Å². The number of fused-ring (bicyclic) bond motifs is 2. The Balaban J connectivity index is 1.81. The maximum Gasteiger partial charge on any atom is 0.130 e. The Labute approximate surface area is 151 Å². The minimum atomic E-state index is -1.01. The van der Waals surface area contributed by atoms with Crippen LogP contribution in [-0.2, 0) is 4.79 Å². The predicted octanol–water partition coefficient (Wildman–Crippen LogP) is 5.58. The topological polar surface area (TPSA) is 20.3 Å². The summed E-state index contributed by atoms with van der Waals surface area (Å²) in [5.74, 6) is 1.57. The van der Waals surface area contributed by atoms with Gasteiger partial charge in [-0.25, -0.2) is 4.39 Å². The molecule has 0 radical (unpaired) electrons. The lowest BCUT2D eigenvalue weighted by Crippen LogP contribution is -2.60. The van der Waals surface area contributed by atoms with Gasteiger partial charge in [0.25, 0.3) is 0 Å². The minimum absolute atomic E-state index is 0.159. The molecule has 2 aliphatic heterocycles. The molecular formula is C22H30FNO. The highest BCUT2D eigenvalue weighted by molar-refractivity contribution is 5.78. The third kappa shape index (κ3) is 3.38. The van der Waals surface area contributed by atoms with Crippen molar-refractivity contribution in [2.45, 2.75) is 53.1 Å². The molecule has 0 N–H and O–H groups in total. The first-order valence-electron chi connectivity index (χ1n) is 9.40. The quantitative estimate of drug-likeness (QED) is 0.672. The van der Waals surface area contributed by atoms with Crippen molar-refractivity contribution < 1.29 is 9.18 Å². The Morgan fingerprint density at radius 1 is 1.32 bits per heavy atom. The van der Waals surface area contributed by atoms with E-state index in [9.17, 15) is 9.18 Å². The normalized spacial score (nSPS) is 25.2. The van der Waals surface area contributed by atoms with E-state index in [4.69, 9.17) is 0 Å². The molecule has 1 saturated carbocycles. The summed E-state index contributed by atoms with van der Waals surface area (Å²) in [4.78, 5) is 13.6. The van der Waals surface area contributed by atoms with Gasteiger partial charge in [0.15, 0.2) is 0 Å². The summed E-state index contributed by atoms with van der Waals surface area (Å²) >= 11 is 0. The molecule has 0 amide bonds. The van der Waals surface area contributed by atoms with Crippen molar-refractivity contribution in [3.63, 3.8) is 0 Å². The molecular weight excluding hydrogens is 313 g/mol. The third-order valence-corrected chi connectivity index (χ3v) is 6.54. The number of ketones is 1. The predicted molar refractivity (Wildman–Crippen MR) is 103 cm³/mol. The van der Waals surface area contributed by atoms with Crippen LogP contribution in [0.15, 0.2) is 24.8 Å². The van der Waals surface area contributed by atoms with Crippen molar-refractivity contribution in [1.29, 1.82) is 0 Å². The molecule has 0 spiro atoms. The monoisotopic (exact) mass is 343 g/mol.